The summed E-state index contributed by atoms with van der Waals surface area (Å²) in [6.07, 6.45) is 1.24. The molecule has 76 valence electrons. The lowest BCUT2D eigenvalue weighted by molar-refractivity contribution is 0.0601. The molecular weight excluding hydrogens is 196 g/mol. The Morgan fingerprint density at radius 1 is 1.47 bits per heavy atom. The summed E-state index contributed by atoms with van der Waals surface area (Å²) < 4.78 is 9.22. The molecule has 0 fully saturated rings. The van der Waals surface area contributed by atoms with Crippen molar-refractivity contribution in [3.05, 3.63) is 36.2 Å². The van der Waals surface area contributed by atoms with Gasteiger partial charge in [-0.2, -0.15) is 4.98 Å². The van der Waals surface area contributed by atoms with Gasteiger partial charge >= 0.3 is 5.97 Å². The van der Waals surface area contributed by atoms with Crippen LogP contribution in [0.25, 0.3) is 11.4 Å². The van der Waals surface area contributed by atoms with Gasteiger partial charge in [-0.25, -0.2) is 4.79 Å². The second kappa shape index (κ2) is 3.91. The highest BCUT2D eigenvalue weighted by atomic mass is 16.5. The first-order valence-electron chi connectivity index (χ1n) is 4.26. The van der Waals surface area contributed by atoms with E-state index < -0.39 is 0 Å². The highest BCUT2D eigenvalue weighted by Gasteiger charge is 2.08. The fourth-order valence-electron chi connectivity index (χ4n) is 1.20. The van der Waals surface area contributed by atoms with Crippen LogP contribution in [0.5, 0.6) is 0 Å². The van der Waals surface area contributed by atoms with Gasteiger partial charge in [-0.15, -0.1) is 0 Å². The maximum atomic E-state index is 11.2. The maximum absolute atomic E-state index is 11.2. The molecule has 2 aromatic rings. The topological polar surface area (TPSA) is 65.2 Å². The molecule has 0 aliphatic heterocycles. The summed E-state index contributed by atoms with van der Waals surface area (Å²) in [4.78, 5) is 15.1. The largest absolute Gasteiger partial charge is 0.465 e. The molecule has 1 heterocycles. The molecule has 0 saturated carbocycles. The van der Waals surface area contributed by atoms with E-state index in [-0.39, 0.29) is 5.97 Å². The van der Waals surface area contributed by atoms with Gasteiger partial charge in [0.2, 0.25) is 12.2 Å². The monoisotopic (exact) mass is 204 g/mol. The van der Waals surface area contributed by atoms with Crippen molar-refractivity contribution in [2.24, 2.45) is 0 Å². The van der Waals surface area contributed by atoms with Crippen LogP contribution in [-0.4, -0.2) is 23.2 Å². The molecule has 0 amide bonds. The van der Waals surface area contributed by atoms with Crippen LogP contribution in [-0.2, 0) is 4.74 Å². The Kier molecular flexibility index (Phi) is 2.45. The van der Waals surface area contributed by atoms with Gasteiger partial charge in [-0.05, 0) is 12.1 Å². The summed E-state index contributed by atoms with van der Waals surface area (Å²) in [5.41, 5.74) is 1.17. The molecular formula is C10H8N2O3. The van der Waals surface area contributed by atoms with Crippen molar-refractivity contribution in [1.29, 1.82) is 0 Å². The summed E-state index contributed by atoms with van der Waals surface area (Å²) in [5.74, 6) is 0.0566. The number of aromatic nitrogens is 2. The minimum atomic E-state index is -0.389. The molecule has 0 bridgehead atoms. The Morgan fingerprint density at radius 2 is 2.33 bits per heavy atom. The summed E-state index contributed by atoms with van der Waals surface area (Å²) in [6.45, 7) is 0. The number of methoxy groups -OCH3 is 1. The minimum absolute atomic E-state index is 0.389. The van der Waals surface area contributed by atoms with E-state index in [1.807, 2.05) is 0 Å². The van der Waals surface area contributed by atoms with Crippen LogP contribution < -0.4 is 0 Å². The highest BCUT2D eigenvalue weighted by Crippen LogP contribution is 2.16. The zero-order valence-corrected chi connectivity index (χ0v) is 8.01. The molecule has 1 aromatic heterocycles. The van der Waals surface area contributed by atoms with Gasteiger partial charge in [0, 0.05) is 5.56 Å². The van der Waals surface area contributed by atoms with Gasteiger partial charge in [-0.3, -0.25) is 0 Å². The molecule has 15 heavy (non-hydrogen) atoms. The van der Waals surface area contributed by atoms with Gasteiger partial charge in [0.05, 0.1) is 12.7 Å². The summed E-state index contributed by atoms with van der Waals surface area (Å²) in [7, 11) is 1.34. The number of benzene rings is 1. The van der Waals surface area contributed by atoms with Crippen molar-refractivity contribution < 1.29 is 14.1 Å². The Labute approximate surface area is 85.7 Å². The second-order valence-corrected chi connectivity index (χ2v) is 2.83. The normalized spacial score (nSPS) is 9.93. The first kappa shape index (κ1) is 9.39. The maximum Gasteiger partial charge on any atom is 0.337 e. The Balaban J connectivity index is 2.39. The summed E-state index contributed by atoms with van der Waals surface area (Å²) in [5, 5.41) is 3.67. The van der Waals surface area contributed by atoms with E-state index in [1.54, 1.807) is 24.3 Å². The molecule has 0 saturated heterocycles. The Hall–Kier alpha value is -2.17. The number of rotatable bonds is 2. The number of ether oxygens (including phenoxy) is 1. The summed E-state index contributed by atoms with van der Waals surface area (Å²) >= 11 is 0. The zero-order chi connectivity index (χ0) is 10.7. The van der Waals surface area contributed by atoms with Crippen molar-refractivity contribution in [2.75, 3.05) is 7.11 Å². The zero-order valence-electron chi connectivity index (χ0n) is 8.01. The van der Waals surface area contributed by atoms with Crippen LogP contribution in [0.2, 0.25) is 0 Å². The van der Waals surface area contributed by atoms with E-state index in [1.165, 1.54) is 13.5 Å². The fraction of sp³-hybridized carbons (Fsp3) is 0.100. The average Bonchev–Trinajstić information content (AvgIpc) is 2.82. The number of hydrogen-bond acceptors (Lipinski definition) is 5. The van der Waals surface area contributed by atoms with Crippen LogP contribution in [0.1, 0.15) is 10.4 Å². The molecule has 5 heteroatoms. The number of carbonyl (C=O) groups is 1. The molecule has 5 nitrogen and oxygen atoms in total. The predicted octanol–water partition coefficient (Wildman–Crippen LogP) is 1.52. The number of carbonyl (C=O) groups excluding carboxylic acids is 1. The highest BCUT2D eigenvalue weighted by molar-refractivity contribution is 5.90. The third-order valence-corrected chi connectivity index (χ3v) is 1.90. The summed E-state index contributed by atoms with van der Waals surface area (Å²) in [6, 6.07) is 6.83. The van der Waals surface area contributed by atoms with Crippen LogP contribution in [0, 0.1) is 0 Å². The lowest BCUT2D eigenvalue weighted by Crippen LogP contribution is -2.00. The van der Waals surface area contributed by atoms with Crippen molar-refractivity contribution in [3.8, 4) is 11.4 Å². The van der Waals surface area contributed by atoms with E-state index >= 15 is 0 Å². The van der Waals surface area contributed by atoms with Crippen molar-refractivity contribution in [1.82, 2.24) is 10.1 Å². The van der Waals surface area contributed by atoms with E-state index in [2.05, 4.69) is 19.4 Å². The number of esters is 1. The van der Waals surface area contributed by atoms with E-state index in [9.17, 15) is 4.79 Å². The van der Waals surface area contributed by atoms with Gasteiger partial charge in [0.1, 0.15) is 0 Å². The lowest BCUT2D eigenvalue weighted by Gasteiger charge is -1.99. The van der Waals surface area contributed by atoms with E-state index in [0.29, 0.717) is 17.0 Å². The van der Waals surface area contributed by atoms with Gasteiger partial charge < -0.3 is 9.26 Å². The van der Waals surface area contributed by atoms with Gasteiger partial charge in [0.15, 0.2) is 0 Å². The van der Waals surface area contributed by atoms with Crippen molar-refractivity contribution in [3.63, 3.8) is 0 Å². The third kappa shape index (κ3) is 1.85. The third-order valence-electron chi connectivity index (χ3n) is 1.90. The van der Waals surface area contributed by atoms with E-state index in [0.717, 1.165) is 0 Å². The Morgan fingerprint density at radius 3 is 3.00 bits per heavy atom. The van der Waals surface area contributed by atoms with E-state index in [4.69, 9.17) is 0 Å². The molecule has 0 aliphatic rings. The average molecular weight is 204 g/mol. The van der Waals surface area contributed by atoms with Crippen molar-refractivity contribution >= 4 is 5.97 Å². The molecule has 1 aromatic carbocycles. The number of nitrogens with zero attached hydrogens (tertiary/aromatic N) is 2. The van der Waals surface area contributed by atoms with Crippen LogP contribution in [0.15, 0.2) is 35.2 Å². The molecule has 2 rings (SSSR count). The lowest BCUT2D eigenvalue weighted by atomic mass is 10.1. The predicted molar refractivity (Wildman–Crippen MR) is 51.1 cm³/mol. The van der Waals surface area contributed by atoms with Gasteiger partial charge in [-0.1, -0.05) is 17.3 Å². The minimum Gasteiger partial charge on any atom is -0.465 e. The molecule has 0 atom stereocenters. The fourth-order valence-corrected chi connectivity index (χ4v) is 1.20. The standard InChI is InChI=1S/C10H8N2O3/c1-14-10(13)8-4-2-3-7(5-8)9-11-6-15-12-9/h2-6H,1H3. The van der Waals surface area contributed by atoms with Gasteiger partial charge in [0.25, 0.3) is 0 Å². The van der Waals surface area contributed by atoms with Crippen LogP contribution in [0.3, 0.4) is 0 Å². The van der Waals surface area contributed by atoms with Crippen LogP contribution >= 0.6 is 0 Å². The van der Waals surface area contributed by atoms with Crippen LogP contribution in [0.4, 0.5) is 0 Å². The molecule has 0 aliphatic carbocycles. The molecule has 0 radical (unpaired) electrons. The molecule has 0 unspecified atom stereocenters. The SMILES string of the molecule is COC(=O)c1cccc(-c2ncon2)c1. The number of hydrogen-bond donors (Lipinski definition) is 0. The first-order valence-corrected chi connectivity index (χ1v) is 4.26. The smallest absolute Gasteiger partial charge is 0.337 e. The first-order chi connectivity index (χ1) is 7.31. The second-order valence-electron chi connectivity index (χ2n) is 2.83. The Bertz CT molecular complexity index is 465. The molecule has 0 spiro atoms. The quantitative estimate of drug-likeness (QED) is 0.694. The van der Waals surface area contributed by atoms with Crippen molar-refractivity contribution in [2.45, 2.75) is 0 Å². The molecule has 0 N–H and O–H groups in total.